The molecule has 1 aliphatic carbocycles. The Labute approximate surface area is 71.6 Å². The molecule has 0 bridgehead atoms. The maximum atomic E-state index is 13.1. The van der Waals surface area contributed by atoms with Crippen molar-refractivity contribution in [1.82, 2.24) is 4.98 Å². The van der Waals surface area contributed by atoms with E-state index < -0.39 is 0 Å². The molecule has 1 aromatic heterocycles. The smallest absolute Gasteiger partial charge is 0.144 e. The second-order valence-electron chi connectivity index (χ2n) is 3.41. The second-order valence-corrected chi connectivity index (χ2v) is 3.41. The lowest BCUT2D eigenvalue weighted by Gasteiger charge is -1.99. The van der Waals surface area contributed by atoms with E-state index in [1.807, 2.05) is 0 Å². The summed E-state index contributed by atoms with van der Waals surface area (Å²) in [6, 6.07) is 1.80. The summed E-state index contributed by atoms with van der Waals surface area (Å²) in [5.74, 6) is 1.04. The molecule has 2 heteroatoms. The molecule has 0 amide bonds. The highest BCUT2D eigenvalue weighted by Crippen LogP contribution is 2.49. The van der Waals surface area contributed by atoms with Crippen LogP contribution in [0.2, 0.25) is 0 Å². The van der Waals surface area contributed by atoms with Crippen LogP contribution in [0.25, 0.3) is 0 Å². The maximum absolute atomic E-state index is 13.1. The predicted octanol–water partition coefficient (Wildman–Crippen LogP) is 2.73. The summed E-state index contributed by atoms with van der Waals surface area (Å²) in [5, 5.41) is 0. The zero-order chi connectivity index (χ0) is 8.55. The van der Waals surface area contributed by atoms with Crippen molar-refractivity contribution in [2.24, 2.45) is 5.92 Å². The van der Waals surface area contributed by atoms with Crippen LogP contribution in [0.4, 0.5) is 4.39 Å². The Morgan fingerprint density at radius 2 is 2.50 bits per heavy atom. The van der Waals surface area contributed by atoms with Gasteiger partial charge in [-0.25, -0.2) is 4.39 Å². The molecule has 1 aliphatic rings. The minimum absolute atomic E-state index is 0.140. The molecule has 0 radical (unpaired) electrons. The van der Waals surface area contributed by atoms with Gasteiger partial charge < -0.3 is 0 Å². The quantitative estimate of drug-likeness (QED) is 0.656. The molecule has 64 valence electrons. The summed E-state index contributed by atoms with van der Waals surface area (Å²) in [5.41, 5.74) is 0.858. The summed E-state index contributed by atoms with van der Waals surface area (Å²) in [6.45, 7) is 2.16. The number of hydrogen-bond acceptors (Lipinski definition) is 1. The first-order chi connectivity index (χ1) is 5.83. The zero-order valence-electron chi connectivity index (χ0n) is 7.13. The highest BCUT2D eigenvalue weighted by molar-refractivity contribution is 5.24. The van der Waals surface area contributed by atoms with Crippen LogP contribution in [0, 0.1) is 11.7 Å². The molecule has 2 atom stereocenters. The van der Waals surface area contributed by atoms with Gasteiger partial charge in [-0.05, 0) is 29.9 Å². The second kappa shape index (κ2) is 2.85. The van der Waals surface area contributed by atoms with E-state index in [1.54, 1.807) is 12.3 Å². The van der Waals surface area contributed by atoms with Gasteiger partial charge in [-0.1, -0.05) is 13.3 Å². The molecule has 0 aromatic carbocycles. The van der Waals surface area contributed by atoms with Crippen LogP contribution in [0.1, 0.15) is 31.2 Å². The van der Waals surface area contributed by atoms with E-state index in [4.69, 9.17) is 0 Å². The molecule has 2 rings (SSSR count). The first kappa shape index (κ1) is 7.71. The number of hydrogen-bond donors (Lipinski definition) is 0. The lowest BCUT2D eigenvalue weighted by atomic mass is 10.1. The highest BCUT2D eigenvalue weighted by Gasteiger charge is 2.37. The lowest BCUT2D eigenvalue weighted by Crippen LogP contribution is -1.89. The van der Waals surface area contributed by atoms with Gasteiger partial charge in [0.1, 0.15) is 5.82 Å². The van der Waals surface area contributed by atoms with E-state index in [0.717, 1.165) is 18.4 Å². The Hall–Kier alpha value is -0.920. The number of rotatable bonds is 2. The number of nitrogens with zero attached hydrogens (tertiary/aromatic N) is 1. The third kappa shape index (κ3) is 1.22. The number of halogens is 1. The average Bonchev–Trinajstić information content (AvgIpc) is 2.84. The van der Waals surface area contributed by atoms with Crippen molar-refractivity contribution in [3.8, 4) is 0 Å². The van der Waals surface area contributed by atoms with Gasteiger partial charge in [-0.3, -0.25) is 4.98 Å². The summed E-state index contributed by atoms with van der Waals surface area (Å²) in [6.07, 6.45) is 5.29. The summed E-state index contributed by atoms with van der Waals surface area (Å²) in [7, 11) is 0. The summed E-state index contributed by atoms with van der Waals surface area (Å²) < 4.78 is 13.1. The lowest BCUT2D eigenvalue weighted by molar-refractivity contribution is 0.598. The van der Waals surface area contributed by atoms with E-state index in [1.165, 1.54) is 6.20 Å². The molecule has 12 heavy (non-hydrogen) atoms. The average molecular weight is 165 g/mol. The van der Waals surface area contributed by atoms with Crippen molar-refractivity contribution < 1.29 is 4.39 Å². The van der Waals surface area contributed by atoms with Crippen molar-refractivity contribution in [3.05, 3.63) is 29.8 Å². The molecule has 0 saturated heterocycles. The minimum Gasteiger partial charge on any atom is -0.262 e. The van der Waals surface area contributed by atoms with Crippen LogP contribution in [-0.4, -0.2) is 4.98 Å². The fourth-order valence-electron chi connectivity index (χ4n) is 1.77. The van der Waals surface area contributed by atoms with Crippen LogP contribution in [0.15, 0.2) is 18.5 Å². The molecule has 1 aromatic rings. The van der Waals surface area contributed by atoms with Crippen molar-refractivity contribution >= 4 is 0 Å². The van der Waals surface area contributed by atoms with Crippen LogP contribution < -0.4 is 0 Å². The number of aromatic nitrogens is 1. The molecular weight excluding hydrogens is 153 g/mol. The molecule has 1 heterocycles. The van der Waals surface area contributed by atoms with Crippen LogP contribution >= 0.6 is 0 Å². The monoisotopic (exact) mass is 165 g/mol. The van der Waals surface area contributed by atoms with E-state index in [0.29, 0.717) is 11.8 Å². The summed E-state index contributed by atoms with van der Waals surface area (Å²) >= 11 is 0. The van der Waals surface area contributed by atoms with Gasteiger partial charge in [0.15, 0.2) is 0 Å². The third-order valence-corrected chi connectivity index (χ3v) is 2.65. The van der Waals surface area contributed by atoms with E-state index in [-0.39, 0.29) is 5.82 Å². The van der Waals surface area contributed by atoms with Crippen molar-refractivity contribution in [2.45, 2.75) is 25.7 Å². The molecule has 1 saturated carbocycles. The number of pyridine rings is 1. The first-order valence-electron chi connectivity index (χ1n) is 4.42. The Morgan fingerprint density at radius 3 is 3.08 bits per heavy atom. The fraction of sp³-hybridized carbons (Fsp3) is 0.500. The van der Waals surface area contributed by atoms with Gasteiger partial charge in [-0.2, -0.15) is 0 Å². The van der Waals surface area contributed by atoms with Gasteiger partial charge >= 0.3 is 0 Å². The van der Waals surface area contributed by atoms with Crippen molar-refractivity contribution in [2.75, 3.05) is 0 Å². The van der Waals surface area contributed by atoms with Crippen LogP contribution in [0.3, 0.4) is 0 Å². The molecule has 0 unspecified atom stereocenters. The summed E-state index contributed by atoms with van der Waals surface area (Å²) in [4.78, 5) is 3.73. The third-order valence-electron chi connectivity index (χ3n) is 2.65. The van der Waals surface area contributed by atoms with Gasteiger partial charge in [0, 0.05) is 6.20 Å². The Balaban J connectivity index is 2.19. The van der Waals surface area contributed by atoms with E-state index in [2.05, 4.69) is 11.9 Å². The predicted molar refractivity (Wildman–Crippen MR) is 45.3 cm³/mol. The normalized spacial score (nSPS) is 27.2. The van der Waals surface area contributed by atoms with Gasteiger partial charge in [-0.15, -0.1) is 0 Å². The molecular formula is C10H12FN. The highest BCUT2D eigenvalue weighted by atomic mass is 19.1. The Morgan fingerprint density at radius 1 is 1.67 bits per heavy atom. The van der Waals surface area contributed by atoms with Crippen molar-refractivity contribution in [3.63, 3.8) is 0 Å². The first-order valence-corrected chi connectivity index (χ1v) is 4.42. The van der Waals surface area contributed by atoms with Gasteiger partial charge in [0.05, 0.1) is 6.20 Å². The Kier molecular flexibility index (Phi) is 1.83. The largest absolute Gasteiger partial charge is 0.262 e. The van der Waals surface area contributed by atoms with E-state index in [9.17, 15) is 4.39 Å². The fourth-order valence-corrected chi connectivity index (χ4v) is 1.77. The molecule has 0 spiro atoms. The standard InChI is InChI=1S/C10H12FN/c1-2-7-5-9(7)8-3-4-12-6-10(8)11/h3-4,6-7,9H,2,5H2,1H3/t7-,9-/m0/s1. The van der Waals surface area contributed by atoms with Gasteiger partial charge in [0.2, 0.25) is 0 Å². The molecule has 1 nitrogen and oxygen atoms in total. The van der Waals surface area contributed by atoms with Crippen LogP contribution in [-0.2, 0) is 0 Å². The van der Waals surface area contributed by atoms with E-state index >= 15 is 0 Å². The SMILES string of the molecule is CC[C@H]1C[C@@H]1c1ccncc1F. The molecule has 1 fully saturated rings. The zero-order valence-corrected chi connectivity index (χ0v) is 7.13. The Bertz CT molecular complexity index is 285. The van der Waals surface area contributed by atoms with Crippen LogP contribution in [0.5, 0.6) is 0 Å². The minimum atomic E-state index is -0.140. The van der Waals surface area contributed by atoms with Crippen molar-refractivity contribution in [1.29, 1.82) is 0 Å². The van der Waals surface area contributed by atoms with Gasteiger partial charge in [0.25, 0.3) is 0 Å². The maximum Gasteiger partial charge on any atom is 0.144 e. The molecule has 0 N–H and O–H groups in total. The topological polar surface area (TPSA) is 12.9 Å². The molecule has 0 aliphatic heterocycles.